The van der Waals surface area contributed by atoms with Gasteiger partial charge in [-0.15, -0.1) is 0 Å². The SMILES string of the molecule is CC(C)(COC(=O)c1ccccc1F)N=C1NS(=O)(=O)c2ccccc21. The Balaban J connectivity index is 1.79. The molecule has 0 saturated heterocycles. The number of nitrogens with one attached hydrogen (secondary N) is 1. The third-order valence-electron chi connectivity index (χ3n) is 3.73. The zero-order valence-corrected chi connectivity index (χ0v) is 15.0. The van der Waals surface area contributed by atoms with Gasteiger partial charge < -0.3 is 4.74 Å². The molecule has 1 aliphatic rings. The van der Waals surface area contributed by atoms with Crippen LogP contribution in [0.1, 0.15) is 29.8 Å². The van der Waals surface area contributed by atoms with E-state index in [0.717, 1.165) is 0 Å². The molecule has 1 heterocycles. The summed E-state index contributed by atoms with van der Waals surface area (Å²) in [6, 6.07) is 12.0. The van der Waals surface area contributed by atoms with E-state index >= 15 is 0 Å². The maximum atomic E-state index is 13.6. The minimum atomic E-state index is -3.65. The fourth-order valence-electron chi connectivity index (χ4n) is 2.50. The van der Waals surface area contributed by atoms with Crippen LogP contribution in [0.4, 0.5) is 4.39 Å². The number of benzene rings is 2. The summed E-state index contributed by atoms with van der Waals surface area (Å²) in [6.45, 7) is 3.22. The number of esters is 1. The Morgan fingerprint density at radius 2 is 1.81 bits per heavy atom. The Labute approximate surface area is 150 Å². The van der Waals surface area contributed by atoms with Gasteiger partial charge in [-0.3, -0.25) is 9.71 Å². The van der Waals surface area contributed by atoms with Gasteiger partial charge in [0.2, 0.25) is 0 Å². The van der Waals surface area contributed by atoms with Gasteiger partial charge in [-0.05, 0) is 38.1 Å². The van der Waals surface area contributed by atoms with Crippen molar-refractivity contribution in [3.8, 4) is 0 Å². The lowest BCUT2D eigenvalue weighted by Crippen LogP contribution is -2.32. The topological polar surface area (TPSA) is 84.8 Å². The summed E-state index contributed by atoms with van der Waals surface area (Å²) in [5.41, 5.74) is -0.625. The Morgan fingerprint density at radius 3 is 2.54 bits per heavy atom. The molecule has 0 saturated carbocycles. The van der Waals surface area contributed by atoms with Crippen LogP contribution in [0.25, 0.3) is 0 Å². The molecule has 3 rings (SSSR count). The summed E-state index contributed by atoms with van der Waals surface area (Å²) in [5, 5.41) is 0. The normalized spacial score (nSPS) is 16.8. The van der Waals surface area contributed by atoms with Crippen molar-refractivity contribution in [2.24, 2.45) is 4.99 Å². The first kappa shape index (κ1) is 18.1. The van der Waals surface area contributed by atoms with Gasteiger partial charge in [-0.1, -0.05) is 24.3 Å². The number of fused-ring (bicyclic) bond motifs is 1. The van der Waals surface area contributed by atoms with E-state index in [2.05, 4.69) is 9.71 Å². The number of ether oxygens (including phenoxy) is 1. The first-order valence-corrected chi connectivity index (χ1v) is 9.32. The Morgan fingerprint density at radius 1 is 1.15 bits per heavy atom. The van der Waals surface area contributed by atoms with Crippen LogP contribution in [-0.2, 0) is 14.8 Å². The van der Waals surface area contributed by atoms with E-state index < -0.39 is 27.3 Å². The third-order valence-corrected chi connectivity index (χ3v) is 5.12. The van der Waals surface area contributed by atoms with E-state index in [1.54, 1.807) is 32.0 Å². The Hall–Kier alpha value is -2.74. The van der Waals surface area contributed by atoms with Crippen molar-refractivity contribution < 1.29 is 22.3 Å². The molecule has 0 radical (unpaired) electrons. The molecular formula is C18H17FN2O4S. The van der Waals surface area contributed by atoms with Crippen molar-refractivity contribution in [3.63, 3.8) is 0 Å². The molecule has 2 aromatic rings. The standard InChI is InChI=1S/C18H17FN2O4S/c1-18(2,11-25-17(22)12-7-3-5-9-14(12)19)20-16-13-8-4-6-10-15(13)26(23,24)21-16/h3-10H,11H2,1-2H3,(H,20,21). The van der Waals surface area contributed by atoms with Crippen molar-refractivity contribution in [2.75, 3.05) is 6.61 Å². The summed E-state index contributed by atoms with van der Waals surface area (Å²) < 4.78 is 45.4. The lowest BCUT2D eigenvalue weighted by molar-refractivity contribution is 0.0429. The summed E-state index contributed by atoms with van der Waals surface area (Å²) >= 11 is 0. The highest BCUT2D eigenvalue weighted by molar-refractivity contribution is 7.90. The van der Waals surface area contributed by atoms with Gasteiger partial charge in [0, 0.05) is 5.56 Å². The highest BCUT2D eigenvalue weighted by atomic mass is 32.2. The van der Waals surface area contributed by atoms with Gasteiger partial charge in [-0.2, -0.15) is 0 Å². The lowest BCUT2D eigenvalue weighted by atomic mass is 10.1. The van der Waals surface area contributed by atoms with E-state index in [4.69, 9.17) is 4.74 Å². The van der Waals surface area contributed by atoms with E-state index in [1.165, 1.54) is 30.3 Å². The molecule has 1 aliphatic heterocycles. The molecule has 2 aromatic carbocycles. The second-order valence-electron chi connectivity index (χ2n) is 6.43. The van der Waals surface area contributed by atoms with E-state index in [1.807, 2.05) is 0 Å². The molecule has 0 unspecified atom stereocenters. The first-order chi connectivity index (χ1) is 12.2. The average molecular weight is 376 g/mol. The van der Waals surface area contributed by atoms with Crippen LogP contribution in [0, 0.1) is 5.82 Å². The van der Waals surface area contributed by atoms with Crippen LogP contribution >= 0.6 is 0 Å². The molecule has 0 spiro atoms. The van der Waals surface area contributed by atoms with Crippen molar-refractivity contribution in [3.05, 3.63) is 65.5 Å². The summed E-state index contributed by atoms with van der Waals surface area (Å²) in [7, 11) is -3.65. The second-order valence-corrected chi connectivity index (χ2v) is 8.08. The van der Waals surface area contributed by atoms with Crippen LogP contribution < -0.4 is 4.72 Å². The fourth-order valence-corrected chi connectivity index (χ4v) is 3.73. The minimum Gasteiger partial charge on any atom is -0.459 e. The molecule has 0 atom stereocenters. The molecule has 0 fully saturated rings. The van der Waals surface area contributed by atoms with E-state index in [0.29, 0.717) is 5.56 Å². The van der Waals surface area contributed by atoms with Gasteiger partial charge in [0.1, 0.15) is 18.3 Å². The maximum absolute atomic E-state index is 13.6. The molecule has 0 aromatic heterocycles. The Kier molecular flexibility index (Phi) is 4.53. The van der Waals surface area contributed by atoms with Crippen molar-refractivity contribution >= 4 is 21.8 Å². The fraction of sp³-hybridized carbons (Fsp3) is 0.222. The van der Waals surface area contributed by atoms with Crippen LogP contribution in [0.2, 0.25) is 0 Å². The highest BCUT2D eigenvalue weighted by Gasteiger charge is 2.32. The van der Waals surface area contributed by atoms with Gasteiger partial charge in [-0.25, -0.2) is 17.6 Å². The smallest absolute Gasteiger partial charge is 0.341 e. The summed E-state index contributed by atoms with van der Waals surface area (Å²) in [4.78, 5) is 16.6. The minimum absolute atomic E-state index is 0.145. The van der Waals surface area contributed by atoms with Crippen LogP contribution in [0.5, 0.6) is 0 Å². The van der Waals surface area contributed by atoms with Crippen molar-refractivity contribution in [2.45, 2.75) is 24.3 Å². The molecule has 0 bridgehead atoms. The predicted octanol–water partition coefficient (Wildman–Crippen LogP) is 2.50. The zero-order valence-electron chi connectivity index (χ0n) is 14.2. The number of carbonyl (C=O) groups excluding carboxylic acids is 1. The summed E-state index contributed by atoms with van der Waals surface area (Å²) in [5.74, 6) is -1.28. The maximum Gasteiger partial charge on any atom is 0.341 e. The van der Waals surface area contributed by atoms with Gasteiger partial charge in [0.15, 0.2) is 0 Å². The van der Waals surface area contributed by atoms with Crippen molar-refractivity contribution in [1.82, 2.24) is 4.72 Å². The number of hydrogen-bond donors (Lipinski definition) is 1. The number of sulfonamides is 1. The van der Waals surface area contributed by atoms with Gasteiger partial charge in [0.05, 0.1) is 16.0 Å². The zero-order chi connectivity index (χ0) is 18.9. The molecule has 6 nitrogen and oxygen atoms in total. The predicted molar refractivity (Wildman–Crippen MR) is 94.1 cm³/mol. The molecule has 0 amide bonds. The Bertz CT molecular complexity index is 1000. The largest absolute Gasteiger partial charge is 0.459 e. The van der Waals surface area contributed by atoms with Crippen LogP contribution in [-0.4, -0.2) is 32.4 Å². The number of nitrogens with zero attached hydrogens (tertiary/aromatic N) is 1. The van der Waals surface area contributed by atoms with Crippen LogP contribution in [0.3, 0.4) is 0 Å². The number of rotatable bonds is 4. The van der Waals surface area contributed by atoms with E-state index in [9.17, 15) is 17.6 Å². The summed E-state index contributed by atoms with van der Waals surface area (Å²) in [6.07, 6.45) is 0. The monoisotopic (exact) mass is 376 g/mol. The molecule has 1 N–H and O–H groups in total. The number of halogens is 1. The first-order valence-electron chi connectivity index (χ1n) is 7.83. The highest BCUT2D eigenvalue weighted by Crippen LogP contribution is 2.24. The number of amidine groups is 1. The molecule has 136 valence electrons. The average Bonchev–Trinajstić information content (AvgIpc) is 2.84. The number of hydrogen-bond acceptors (Lipinski definition) is 5. The molecule has 0 aliphatic carbocycles. The molecular weight excluding hydrogens is 359 g/mol. The third kappa shape index (κ3) is 3.60. The lowest BCUT2D eigenvalue weighted by Gasteiger charge is -2.20. The van der Waals surface area contributed by atoms with Gasteiger partial charge in [0.25, 0.3) is 10.0 Å². The molecule has 8 heteroatoms. The van der Waals surface area contributed by atoms with E-state index in [-0.39, 0.29) is 22.9 Å². The quantitative estimate of drug-likeness (QED) is 0.831. The second kappa shape index (κ2) is 6.53. The number of carbonyl (C=O) groups is 1. The van der Waals surface area contributed by atoms with Crippen LogP contribution in [0.15, 0.2) is 58.4 Å². The number of aliphatic imine (C=N–C) groups is 1. The van der Waals surface area contributed by atoms with Gasteiger partial charge >= 0.3 is 5.97 Å². The molecule has 26 heavy (non-hydrogen) atoms. The van der Waals surface area contributed by atoms with Crippen molar-refractivity contribution in [1.29, 1.82) is 0 Å².